The fraction of sp³-hybridized carbons (Fsp3) is 0.261. The average molecular weight is 403 g/mol. The van der Waals surface area contributed by atoms with Crippen LogP contribution in [0.15, 0.2) is 60.2 Å². The summed E-state index contributed by atoms with van der Waals surface area (Å²) in [5.41, 5.74) is 4.78. The second kappa shape index (κ2) is 7.44. The van der Waals surface area contributed by atoms with Gasteiger partial charge < -0.3 is 9.47 Å². The standard InChI is InChI=1S/C23H22N4OS/c1-16-25-21(14-29-16)17-6-4-7-18(12-17)23(28)27-11-5-8-19(27)13-26-15-24-20-9-2-3-10-22(20)26/h2-4,6-7,9-10,12,14-15,19H,5,8,11,13H2,1H3/t19-/m1/s1. The zero-order valence-corrected chi connectivity index (χ0v) is 17.1. The second-order valence-corrected chi connectivity index (χ2v) is 8.58. The summed E-state index contributed by atoms with van der Waals surface area (Å²) < 4.78 is 2.17. The fourth-order valence-electron chi connectivity index (χ4n) is 4.15. The summed E-state index contributed by atoms with van der Waals surface area (Å²) in [6.07, 6.45) is 3.94. The van der Waals surface area contributed by atoms with Crippen molar-refractivity contribution in [2.24, 2.45) is 0 Å². The van der Waals surface area contributed by atoms with E-state index in [0.717, 1.165) is 58.8 Å². The number of thiazole rings is 1. The predicted molar refractivity (Wildman–Crippen MR) is 116 cm³/mol. The van der Waals surface area contributed by atoms with Crippen LogP contribution in [0.25, 0.3) is 22.3 Å². The smallest absolute Gasteiger partial charge is 0.254 e. The second-order valence-electron chi connectivity index (χ2n) is 7.51. The Bertz CT molecular complexity index is 1180. The van der Waals surface area contributed by atoms with Gasteiger partial charge in [-0.05, 0) is 44.0 Å². The number of fused-ring (bicyclic) bond motifs is 1. The topological polar surface area (TPSA) is 51.0 Å². The summed E-state index contributed by atoms with van der Waals surface area (Å²) in [5, 5.41) is 3.07. The van der Waals surface area contributed by atoms with Gasteiger partial charge in [0.1, 0.15) is 0 Å². The molecule has 4 aromatic rings. The number of carbonyl (C=O) groups excluding carboxylic acids is 1. The molecule has 5 nitrogen and oxygen atoms in total. The molecule has 0 aliphatic carbocycles. The minimum absolute atomic E-state index is 0.103. The molecular weight excluding hydrogens is 380 g/mol. The fourth-order valence-corrected chi connectivity index (χ4v) is 4.77. The molecule has 6 heteroatoms. The molecule has 1 aliphatic rings. The van der Waals surface area contributed by atoms with E-state index in [1.54, 1.807) is 11.3 Å². The van der Waals surface area contributed by atoms with Gasteiger partial charge in [-0.3, -0.25) is 4.79 Å². The molecule has 0 radical (unpaired) electrons. The first-order valence-electron chi connectivity index (χ1n) is 9.92. The molecule has 1 atom stereocenters. The number of imidazole rings is 1. The van der Waals surface area contributed by atoms with Crippen LogP contribution in [0.4, 0.5) is 0 Å². The lowest BCUT2D eigenvalue weighted by molar-refractivity contribution is 0.0725. The van der Waals surface area contributed by atoms with Gasteiger partial charge in [0.25, 0.3) is 5.91 Å². The Kier molecular flexibility index (Phi) is 4.64. The van der Waals surface area contributed by atoms with Gasteiger partial charge in [-0.2, -0.15) is 0 Å². The highest BCUT2D eigenvalue weighted by molar-refractivity contribution is 7.09. The number of hydrogen-bond donors (Lipinski definition) is 0. The Morgan fingerprint density at radius 3 is 2.97 bits per heavy atom. The van der Waals surface area contributed by atoms with E-state index in [-0.39, 0.29) is 11.9 Å². The number of para-hydroxylation sites is 2. The molecule has 1 aliphatic heterocycles. The van der Waals surface area contributed by atoms with Crippen LogP contribution in [0.5, 0.6) is 0 Å². The van der Waals surface area contributed by atoms with E-state index in [4.69, 9.17) is 0 Å². The van der Waals surface area contributed by atoms with Crippen molar-refractivity contribution in [1.29, 1.82) is 0 Å². The van der Waals surface area contributed by atoms with E-state index >= 15 is 0 Å². The van der Waals surface area contributed by atoms with Crippen LogP contribution in [0.1, 0.15) is 28.2 Å². The van der Waals surface area contributed by atoms with Gasteiger partial charge >= 0.3 is 0 Å². The summed E-state index contributed by atoms with van der Waals surface area (Å²) in [7, 11) is 0. The molecule has 1 amide bonds. The zero-order chi connectivity index (χ0) is 19.8. The van der Waals surface area contributed by atoms with E-state index in [1.165, 1.54) is 0 Å². The predicted octanol–water partition coefficient (Wildman–Crippen LogP) is 4.77. The highest BCUT2D eigenvalue weighted by Gasteiger charge is 2.30. The van der Waals surface area contributed by atoms with Gasteiger partial charge in [0.15, 0.2) is 0 Å². The maximum absolute atomic E-state index is 13.3. The Labute approximate surface area is 173 Å². The Hall–Kier alpha value is -2.99. The van der Waals surface area contributed by atoms with Crippen LogP contribution in [0, 0.1) is 6.92 Å². The summed E-state index contributed by atoms with van der Waals surface area (Å²) in [5.74, 6) is 0.103. The van der Waals surface area contributed by atoms with E-state index in [1.807, 2.05) is 66.0 Å². The van der Waals surface area contributed by atoms with Crippen LogP contribution in [-0.2, 0) is 6.54 Å². The molecule has 29 heavy (non-hydrogen) atoms. The molecule has 1 fully saturated rings. The average Bonchev–Trinajstić information content (AvgIpc) is 3.48. The lowest BCUT2D eigenvalue weighted by Crippen LogP contribution is -2.38. The Balaban J connectivity index is 1.39. The number of rotatable bonds is 4. The number of aromatic nitrogens is 3. The van der Waals surface area contributed by atoms with E-state index in [9.17, 15) is 4.79 Å². The van der Waals surface area contributed by atoms with Crippen molar-refractivity contribution in [2.75, 3.05) is 6.54 Å². The third-order valence-electron chi connectivity index (χ3n) is 5.60. The molecule has 0 saturated carbocycles. The Morgan fingerprint density at radius 1 is 1.21 bits per heavy atom. The van der Waals surface area contributed by atoms with E-state index in [0.29, 0.717) is 0 Å². The molecule has 3 heterocycles. The minimum atomic E-state index is 0.103. The van der Waals surface area contributed by atoms with Crippen LogP contribution >= 0.6 is 11.3 Å². The van der Waals surface area contributed by atoms with Crippen molar-refractivity contribution in [3.05, 3.63) is 70.8 Å². The van der Waals surface area contributed by atoms with Crippen molar-refractivity contribution in [2.45, 2.75) is 32.4 Å². The van der Waals surface area contributed by atoms with Crippen LogP contribution in [-0.4, -0.2) is 37.9 Å². The number of amides is 1. The third-order valence-corrected chi connectivity index (χ3v) is 6.37. The molecule has 0 bridgehead atoms. The number of carbonyl (C=O) groups is 1. The number of likely N-dealkylation sites (tertiary alicyclic amines) is 1. The van der Waals surface area contributed by atoms with Gasteiger partial charge in [0.05, 0.1) is 34.1 Å². The molecule has 146 valence electrons. The van der Waals surface area contributed by atoms with Gasteiger partial charge in [-0.15, -0.1) is 11.3 Å². The van der Waals surface area contributed by atoms with E-state index in [2.05, 4.69) is 20.6 Å². The monoisotopic (exact) mass is 402 g/mol. The van der Waals surface area contributed by atoms with Crippen molar-refractivity contribution >= 4 is 28.3 Å². The highest BCUT2D eigenvalue weighted by Crippen LogP contribution is 2.26. The van der Waals surface area contributed by atoms with Gasteiger partial charge in [-0.1, -0.05) is 24.3 Å². The number of nitrogens with zero attached hydrogens (tertiary/aromatic N) is 4. The molecule has 2 aromatic carbocycles. The molecule has 0 N–H and O–H groups in total. The van der Waals surface area contributed by atoms with E-state index < -0.39 is 0 Å². The van der Waals surface area contributed by atoms with Gasteiger partial charge in [0.2, 0.25) is 0 Å². The molecule has 2 aromatic heterocycles. The normalized spacial score (nSPS) is 16.6. The van der Waals surface area contributed by atoms with Crippen LogP contribution in [0.2, 0.25) is 0 Å². The SMILES string of the molecule is Cc1nc(-c2cccc(C(=O)N3CCC[C@@H]3Cn3cnc4ccccc43)c2)cs1. The third kappa shape index (κ3) is 3.44. The summed E-state index contributed by atoms with van der Waals surface area (Å²) in [6.45, 7) is 3.57. The quantitative estimate of drug-likeness (QED) is 0.494. The molecule has 0 unspecified atom stereocenters. The number of hydrogen-bond acceptors (Lipinski definition) is 4. The molecule has 1 saturated heterocycles. The number of benzene rings is 2. The minimum Gasteiger partial charge on any atom is -0.334 e. The highest BCUT2D eigenvalue weighted by atomic mass is 32.1. The van der Waals surface area contributed by atoms with Gasteiger partial charge in [-0.25, -0.2) is 9.97 Å². The van der Waals surface area contributed by atoms with Crippen molar-refractivity contribution < 1.29 is 4.79 Å². The molecular formula is C23H22N4OS. The lowest BCUT2D eigenvalue weighted by atomic mass is 10.1. The van der Waals surface area contributed by atoms with Crippen molar-refractivity contribution in [3.8, 4) is 11.3 Å². The Morgan fingerprint density at radius 2 is 2.10 bits per heavy atom. The number of aryl methyl sites for hydroxylation is 1. The van der Waals surface area contributed by atoms with Crippen LogP contribution in [0.3, 0.4) is 0 Å². The lowest BCUT2D eigenvalue weighted by Gasteiger charge is -2.25. The van der Waals surface area contributed by atoms with Crippen molar-refractivity contribution in [3.63, 3.8) is 0 Å². The zero-order valence-electron chi connectivity index (χ0n) is 16.3. The maximum atomic E-state index is 13.3. The van der Waals surface area contributed by atoms with Crippen LogP contribution < -0.4 is 0 Å². The first-order valence-corrected chi connectivity index (χ1v) is 10.8. The molecule has 0 spiro atoms. The summed E-state index contributed by atoms with van der Waals surface area (Å²) in [4.78, 5) is 24.4. The maximum Gasteiger partial charge on any atom is 0.254 e. The first kappa shape index (κ1) is 18.1. The largest absolute Gasteiger partial charge is 0.334 e. The molecule has 5 rings (SSSR count). The van der Waals surface area contributed by atoms with Crippen molar-refractivity contribution in [1.82, 2.24) is 19.4 Å². The van der Waals surface area contributed by atoms with Gasteiger partial charge in [0, 0.05) is 29.6 Å². The summed E-state index contributed by atoms with van der Waals surface area (Å²) in [6, 6.07) is 16.2. The first-order chi connectivity index (χ1) is 14.2. The summed E-state index contributed by atoms with van der Waals surface area (Å²) >= 11 is 1.63.